The van der Waals surface area contributed by atoms with Crippen LogP contribution in [0.5, 0.6) is 5.75 Å². The van der Waals surface area contributed by atoms with E-state index in [1.54, 1.807) is 36.4 Å². The molecule has 124 valence electrons. The van der Waals surface area contributed by atoms with E-state index in [9.17, 15) is 9.59 Å². The molecule has 1 heterocycles. The van der Waals surface area contributed by atoms with E-state index in [1.165, 1.54) is 6.26 Å². The quantitative estimate of drug-likeness (QED) is 0.675. The van der Waals surface area contributed by atoms with Gasteiger partial charge in [-0.2, -0.15) is 0 Å². The summed E-state index contributed by atoms with van der Waals surface area (Å²) in [6, 6.07) is 9.75. The molecule has 2 aromatic rings. The molecule has 1 aromatic carbocycles. The van der Waals surface area contributed by atoms with E-state index in [0.717, 1.165) is 0 Å². The molecule has 0 radical (unpaired) electrons. The van der Waals surface area contributed by atoms with Gasteiger partial charge in [0.15, 0.2) is 0 Å². The van der Waals surface area contributed by atoms with Gasteiger partial charge in [0.25, 0.3) is 0 Å². The number of anilines is 1. The molecule has 24 heavy (non-hydrogen) atoms. The maximum atomic E-state index is 11.8. The smallest absolute Gasteiger partial charge is 0.315 e. The Bertz CT molecular complexity index is 702. The summed E-state index contributed by atoms with van der Waals surface area (Å²) in [6.07, 6.45) is 6.62. The lowest BCUT2D eigenvalue weighted by Gasteiger charge is -2.08. The average Bonchev–Trinajstić information content (AvgIpc) is 3.11. The third kappa shape index (κ3) is 5.77. The Morgan fingerprint density at radius 1 is 1.17 bits per heavy atom. The van der Waals surface area contributed by atoms with Crippen LogP contribution in [-0.4, -0.2) is 25.1 Å². The molecule has 1 aromatic heterocycles. The second kappa shape index (κ2) is 8.90. The summed E-state index contributed by atoms with van der Waals surface area (Å²) in [6.45, 7) is 0.279. The molecule has 0 spiro atoms. The number of terminal acetylenes is 1. The number of hydrogen-bond donors (Lipinski definition) is 3. The van der Waals surface area contributed by atoms with Crippen LogP contribution in [0.25, 0.3) is 0 Å². The highest BCUT2D eigenvalue weighted by Crippen LogP contribution is 2.15. The summed E-state index contributed by atoms with van der Waals surface area (Å²) in [5.74, 6) is 3.26. The van der Waals surface area contributed by atoms with Gasteiger partial charge in [0, 0.05) is 5.69 Å². The number of hydrogen-bond acceptors (Lipinski definition) is 4. The second-order valence-corrected chi connectivity index (χ2v) is 4.68. The van der Waals surface area contributed by atoms with Crippen LogP contribution >= 0.6 is 0 Å². The lowest BCUT2D eigenvalue weighted by molar-refractivity contribution is -0.115. The first-order valence-corrected chi connectivity index (χ1v) is 7.17. The number of rotatable bonds is 7. The molecule has 3 amide bonds. The zero-order chi connectivity index (χ0) is 17.2. The monoisotopic (exact) mass is 327 g/mol. The minimum atomic E-state index is -0.459. The van der Waals surface area contributed by atoms with E-state index in [1.807, 2.05) is 0 Å². The normalized spacial score (nSPS) is 9.62. The van der Waals surface area contributed by atoms with Gasteiger partial charge in [-0.15, -0.1) is 6.42 Å². The highest BCUT2D eigenvalue weighted by Gasteiger charge is 2.06. The van der Waals surface area contributed by atoms with Crippen molar-refractivity contribution in [1.82, 2.24) is 10.6 Å². The van der Waals surface area contributed by atoms with Crippen molar-refractivity contribution >= 4 is 17.6 Å². The highest BCUT2D eigenvalue weighted by atomic mass is 16.5. The zero-order valence-corrected chi connectivity index (χ0v) is 12.9. The van der Waals surface area contributed by atoms with Crippen molar-refractivity contribution in [2.24, 2.45) is 0 Å². The van der Waals surface area contributed by atoms with Crippen molar-refractivity contribution in [2.75, 3.05) is 18.5 Å². The fraction of sp³-hybridized carbons (Fsp3) is 0.176. The van der Waals surface area contributed by atoms with E-state index >= 15 is 0 Å². The number of carbonyl (C=O) groups excluding carboxylic acids is 2. The van der Waals surface area contributed by atoms with Gasteiger partial charge in [0.1, 0.15) is 18.1 Å². The largest absolute Gasteiger partial charge is 0.481 e. The Labute approximate surface area is 139 Å². The average molecular weight is 327 g/mol. The van der Waals surface area contributed by atoms with Gasteiger partial charge >= 0.3 is 6.03 Å². The highest BCUT2D eigenvalue weighted by molar-refractivity contribution is 5.94. The summed E-state index contributed by atoms with van der Waals surface area (Å²) in [7, 11) is 0. The van der Waals surface area contributed by atoms with Crippen molar-refractivity contribution in [1.29, 1.82) is 0 Å². The van der Waals surface area contributed by atoms with Crippen LogP contribution < -0.4 is 20.7 Å². The van der Waals surface area contributed by atoms with Gasteiger partial charge in [0.2, 0.25) is 5.91 Å². The first-order valence-electron chi connectivity index (χ1n) is 7.17. The summed E-state index contributed by atoms with van der Waals surface area (Å²) in [5, 5.41) is 7.68. The Morgan fingerprint density at radius 3 is 2.62 bits per heavy atom. The number of amides is 3. The Balaban J connectivity index is 1.68. The third-order valence-corrected chi connectivity index (χ3v) is 2.87. The van der Waals surface area contributed by atoms with Crippen molar-refractivity contribution in [3.8, 4) is 18.1 Å². The molecule has 0 fully saturated rings. The molecule has 3 N–H and O–H groups in total. The van der Waals surface area contributed by atoms with Gasteiger partial charge in [-0.3, -0.25) is 4.79 Å². The maximum Gasteiger partial charge on any atom is 0.315 e. The molecule has 0 saturated carbocycles. The lowest BCUT2D eigenvalue weighted by Crippen LogP contribution is -2.39. The van der Waals surface area contributed by atoms with Crippen molar-refractivity contribution < 1.29 is 18.7 Å². The van der Waals surface area contributed by atoms with Crippen LogP contribution in [0.4, 0.5) is 10.5 Å². The van der Waals surface area contributed by atoms with Gasteiger partial charge in [-0.25, -0.2) is 4.79 Å². The maximum absolute atomic E-state index is 11.8. The van der Waals surface area contributed by atoms with Gasteiger partial charge < -0.3 is 25.1 Å². The van der Waals surface area contributed by atoms with Crippen LogP contribution in [0.15, 0.2) is 47.1 Å². The fourth-order valence-corrected chi connectivity index (χ4v) is 1.77. The van der Waals surface area contributed by atoms with Crippen LogP contribution in [0.3, 0.4) is 0 Å². The summed E-state index contributed by atoms with van der Waals surface area (Å²) >= 11 is 0. The molecule has 7 heteroatoms. The fourth-order valence-electron chi connectivity index (χ4n) is 1.77. The number of carbonyl (C=O) groups is 2. The standard InChI is InChI=1S/C17H17N3O4/c1-2-9-23-14-7-5-13(6-8-14)20-16(21)12-19-17(22)18-11-15-4-3-10-24-15/h1,3-8,10H,9,11-12H2,(H,20,21)(H2,18,19,22). The minimum Gasteiger partial charge on any atom is -0.481 e. The van der Waals surface area contributed by atoms with E-state index in [4.69, 9.17) is 15.6 Å². The molecule has 0 unspecified atom stereocenters. The molecule has 0 bridgehead atoms. The first-order chi connectivity index (χ1) is 11.7. The number of ether oxygens (including phenoxy) is 1. The number of urea groups is 1. The summed E-state index contributed by atoms with van der Waals surface area (Å²) < 4.78 is 10.3. The molecular formula is C17H17N3O4. The third-order valence-electron chi connectivity index (χ3n) is 2.87. The lowest BCUT2D eigenvalue weighted by atomic mass is 10.3. The predicted octanol–water partition coefficient (Wildman–Crippen LogP) is 1.73. The van der Waals surface area contributed by atoms with E-state index in [2.05, 4.69) is 21.9 Å². The molecular weight excluding hydrogens is 310 g/mol. The van der Waals surface area contributed by atoms with Crippen molar-refractivity contribution in [3.63, 3.8) is 0 Å². The molecule has 0 aliphatic rings. The van der Waals surface area contributed by atoms with Gasteiger partial charge in [-0.1, -0.05) is 5.92 Å². The SMILES string of the molecule is C#CCOc1ccc(NC(=O)CNC(=O)NCc2ccco2)cc1. The Kier molecular flexibility index (Phi) is 6.29. The molecule has 2 rings (SSSR count). The Hall–Kier alpha value is -3.40. The number of furan rings is 1. The van der Waals surface area contributed by atoms with E-state index in [0.29, 0.717) is 17.2 Å². The summed E-state index contributed by atoms with van der Waals surface area (Å²) in [4.78, 5) is 23.3. The van der Waals surface area contributed by atoms with Crippen LogP contribution in [0, 0.1) is 12.3 Å². The molecule has 0 atom stereocenters. The van der Waals surface area contributed by atoms with Crippen LogP contribution in [-0.2, 0) is 11.3 Å². The van der Waals surface area contributed by atoms with E-state index < -0.39 is 6.03 Å². The second-order valence-electron chi connectivity index (χ2n) is 4.68. The molecule has 0 saturated heterocycles. The van der Waals surface area contributed by atoms with Crippen molar-refractivity contribution in [2.45, 2.75) is 6.54 Å². The van der Waals surface area contributed by atoms with Crippen LogP contribution in [0.2, 0.25) is 0 Å². The van der Waals surface area contributed by atoms with E-state index in [-0.39, 0.29) is 25.6 Å². The molecule has 7 nitrogen and oxygen atoms in total. The number of benzene rings is 1. The van der Waals surface area contributed by atoms with Gasteiger partial charge in [-0.05, 0) is 36.4 Å². The zero-order valence-electron chi connectivity index (χ0n) is 12.9. The number of nitrogens with one attached hydrogen (secondary N) is 3. The predicted molar refractivity (Wildman–Crippen MR) is 88.3 cm³/mol. The minimum absolute atomic E-state index is 0.153. The molecule has 0 aliphatic heterocycles. The molecule has 0 aliphatic carbocycles. The van der Waals surface area contributed by atoms with Gasteiger partial charge in [0.05, 0.1) is 19.4 Å². The Morgan fingerprint density at radius 2 is 1.96 bits per heavy atom. The van der Waals surface area contributed by atoms with Crippen molar-refractivity contribution in [3.05, 3.63) is 48.4 Å². The van der Waals surface area contributed by atoms with Crippen LogP contribution in [0.1, 0.15) is 5.76 Å². The topological polar surface area (TPSA) is 92.6 Å². The summed E-state index contributed by atoms with van der Waals surface area (Å²) in [5.41, 5.74) is 0.589. The first kappa shape index (κ1) is 17.0.